The second kappa shape index (κ2) is 9.52. The summed E-state index contributed by atoms with van der Waals surface area (Å²) >= 11 is 0. The lowest BCUT2D eigenvalue weighted by Crippen LogP contribution is -2.61. The summed E-state index contributed by atoms with van der Waals surface area (Å²) in [5, 5.41) is 3.74. The average molecular weight is 475 g/mol. The van der Waals surface area contributed by atoms with E-state index in [2.05, 4.69) is 40.0 Å². The lowest BCUT2D eigenvalue weighted by Gasteiger charge is -2.50. The number of methoxy groups -OCH3 is 1. The highest BCUT2D eigenvalue weighted by molar-refractivity contribution is 6.00. The molecule has 5 heteroatoms. The molecule has 2 aromatic rings. The van der Waals surface area contributed by atoms with Crippen LogP contribution in [-0.4, -0.2) is 30.0 Å². The van der Waals surface area contributed by atoms with E-state index in [1.54, 1.807) is 12.1 Å². The van der Waals surface area contributed by atoms with Crippen molar-refractivity contribution < 1.29 is 14.3 Å². The molecule has 0 fully saturated rings. The first-order chi connectivity index (χ1) is 16.6. The van der Waals surface area contributed by atoms with Gasteiger partial charge in [-0.05, 0) is 66.6 Å². The number of nitrogens with zero attached hydrogens (tertiary/aromatic N) is 1. The Morgan fingerprint density at radius 2 is 1.89 bits per heavy atom. The molecule has 4 rings (SSSR count). The molecular formula is C30H38N2O3. The summed E-state index contributed by atoms with van der Waals surface area (Å²) in [6, 6.07) is 11.9. The number of carbonyl (C=O) groups is 2. The highest BCUT2D eigenvalue weighted by atomic mass is 16.5. The van der Waals surface area contributed by atoms with Gasteiger partial charge in [0, 0.05) is 11.0 Å². The van der Waals surface area contributed by atoms with Gasteiger partial charge in [-0.2, -0.15) is 0 Å². The summed E-state index contributed by atoms with van der Waals surface area (Å²) in [5.74, 6) is 0.463. The Morgan fingerprint density at radius 3 is 2.57 bits per heavy atom. The van der Waals surface area contributed by atoms with Crippen molar-refractivity contribution in [1.29, 1.82) is 0 Å². The Morgan fingerprint density at radius 1 is 1.20 bits per heavy atom. The van der Waals surface area contributed by atoms with Crippen molar-refractivity contribution in [3.8, 4) is 5.75 Å². The van der Waals surface area contributed by atoms with Gasteiger partial charge in [-0.15, -0.1) is 0 Å². The number of fused-ring (bicyclic) bond motifs is 1. The van der Waals surface area contributed by atoms with Crippen LogP contribution in [0, 0.1) is 11.3 Å². The number of benzene rings is 2. The van der Waals surface area contributed by atoms with E-state index in [4.69, 9.17) is 4.74 Å². The second-order valence-corrected chi connectivity index (χ2v) is 10.8. The van der Waals surface area contributed by atoms with Crippen LogP contribution in [0.25, 0.3) is 10.8 Å². The SMILES string of the molecule is CCC[C@H]1N(NC(=O)[C@@H](C)c2ccc3cc(OC)ccc3c2)C(=O)C2=C(C(C)CC(C)=C2)C1(C)C. The van der Waals surface area contributed by atoms with Crippen molar-refractivity contribution in [2.24, 2.45) is 11.3 Å². The normalized spacial score (nSPS) is 22.5. The van der Waals surface area contributed by atoms with E-state index in [1.165, 1.54) is 11.1 Å². The first-order valence-electron chi connectivity index (χ1n) is 12.7. The van der Waals surface area contributed by atoms with E-state index in [-0.39, 0.29) is 23.3 Å². The van der Waals surface area contributed by atoms with Gasteiger partial charge in [0.05, 0.1) is 19.1 Å². The molecule has 0 radical (unpaired) electrons. The number of nitrogens with one attached hydrogen (secondary N) is 1. The second-order valence-electron chi connectivity index (χ2n) is 10.8. The van der Waals surface area contributed by atoms with E-state index in [0.717, 1.165) is 46.9 Å². The number of ether oxygens (including phenoxy) is 1. The van der Waals surface area contributed by atoms with Gasteiger partial charge in [-0.3, -0.25) is 15.0 Å². The molecule has 0 spiro atoms. The number of hydrogen-bond donors (Lipinski definition) is 1. The Hall–Kier alpha value is -3.08. The lowest BCUT2D eigenvalue weighted by atomic mass is 9.64. The average Bonchev–Trinajstić information content (AvgIpc) is 2.82. The van der Waals surface area contributed by atoms with Crippen LogP contribution < -0.4 is 10.2 Å². The molecule has 2 amide bonds. The summed E-state index contributed by atoms with van der Waals surface area (Å²) in [4.78, 5) is 27.2. The molecule has 0 bridgehead atoms. The molecule has 35 heavy (non-hydrogen) atoms. The molecule has 2 aliphatic rings. The summed E-state index contributed by atoms with van der Waals surface area (Å²) in [7, 11) is 1.65. The number of amides is 2. The molecule has 0 saturated heterocycles. The minimum atomic E-state index is -0.405. The molecule has 0 saturated carbocycles. The molecule has 1 N–H and O–H groups in total. The van der Waals surface area contributed by atoms with Crippen molar-refractivity contribution in [1.82, 2.24) is 10.4 Å². The fourth-order valence-electron chi connectivity index (χ4n) is 6.06. The van der Waals surface area contributed by atoms with Gasteiger partial charge >= 0.3 is 0 Å². The van der Waals surface area contributed by atoms with E-state index in [0.29, 0.717) is 5.92 Å². The Kier molecular flexibility index (Phi) is 6.81. The molecule has 3 atom stereocenters. The summed E-state index contributed by atoms with van der Waals surface area (Å²) < 4.78 is 5.32. The smallest absolute Gasteiger partial charge is 0.272 e. The van der Waals surface area contributed by atoms with E-state index in [1.807, 2.05) is 49.4 Å². The van der Waals surface area contributed by atoms with Crippen LogP contribution >= 0.6 is 0 Å². The van der Waals surface area contributed by atoms with Crippen LogP contribution in [0.2, 0.25) is 0 Å². The predicted molar refractivity (Wildman–Crippen MR) is 141 cm³/mol. The van der Waals surface area contributed by atoms with Gasteiger partial charge in [-0.25, -0.2) is 5.01 Å². The summed E-state index contributed by atoms with van der Waals surface area (Å²) in [6.45, 7) is 12.8. The first-order valence-corrected chi connectivity index (χ1v) is 12.7. The number of hydrogen-bond acceptors (Lipinski definition) is 3. The van der Waals surface area contributed by atoms with Crippen LogP contribution in [0.3, 0.4) is 0 Å². The Balaban J connectivity index is 1.64. The van der Waals surface area contributed by atoms with Crippen molar-refractivity contribution >= 4 is 22.6 Å². The predicted octanol–water partition coefficient (Wildman–Crippen LogP) is 6.30. The third kappa shape index (κ3) is 4.49. The van der Waals surface area contributed by atoms with Crippen LogP contribution in [0.4, 0.5) is 0 Å². The summed E-state index contributed by atoms with van der Waals surface area (Å²) in [5.41, 5.74) is 6.93. The van der Waals surface area contributed by atoms with Gasteiger partial charge in [0.25, 0.3) is 5.91 Å². The fraction of sp³-hybridized carbons (Fsp3) is 0.467. The van der Waals surface area contributed by atoms with Crippen LogP contribution in [-0.2, 0) is 9.59 Å². The Labute approximate surface area is 209 Å². The Bertz CT molecular complexity index is 1220. The van der Waals surface area contributed by atoms with Gasteiger partial charge in [0.2, 0.25) is 5.91 Å². The van der Waals surface area contributed by atoms with Gasteiger partial charge in [0.15, 0.2) is 0 Å². The number of rotatable bonds is 6. The van der Waals surface area contributed by atoms with Crippen LogP contribution in [0.15, 0.2) is 59.2 Å². The molecule has 1 unspecified atom stereocenters. The monoisotopic (exact) mass is 474 g/mol. The number of carbonyl (C=O) groups excluding carboxylic acids is 2. The topological polar surface area (TPSA) is 58.6 Å². The maximum absolute atomic E-state index is 13.8. The standard InChI is InChI=1S/C30H38N2O3/c1-8-9-26-30(5,6)27-19(3)14-18(2)15-25(27)29(34)32(26)31-28(33)20(4)21-10-11-23-17-24(35-7)13-12-22(23)16-21/h10-13,15-17,19-20,26H,8-9,14H2,1-7H3,(H,31,33)/t19?,20-,26+/m0/s1. The maximum atomic E-state index is 13.8. The largest absolute Gasteiger partial charge is 0.497 e. The molecular weight excluding hydrogens is 436 g/mol. The molecule has 186 valence electrons. The number of hydrazine groups is 1. The molecule has 1 aliphatic heterocycles. The maximum Gasteiger partial charge on any atom is 0.272 e. The zero-order valence-corrected chi connectivity index (χ0v) is 22.1. The molecule has 5 nitrogen and oxygen atoms in total. The van der Waals surface area contributed by atoms with Crippen molar-refractivity contribution in [2.75, 3.05) is 7.11 Å². The van der Waals surface area contributed by atoms with E-state index < -0.39 is 5.92 Å². The minimum absolute atomic E-state index is 0.0881. The van der Waals surface area contributed by atoms with Gasteiger partial charge < -0.3 is 4.74 Å². The van der Waals surface area contributed by atoms with Crippen molar-refractivity contribution in [3.63, 3.8) is 0 Å². The van der Waals surface area contributed by atoms with E-state index >= 15 is 0 Å². The first kappa shape index (κ1) is 25.0. The minimum Gasteiger partial charge on any atom is -0.497 e. The number of allylic oxidation sites excluding steroid dienone is 1. The molecule has 2 aromatic carbocycles. The zero-order chi connectivity index (χ0) is 25.5. The van der Waals surface area contributed by atoms with Gasteiger partial charge in [0.1, 0.15) is 5.75 Å². The quantitative estimate of drug-likeness (QED) is 0.534. The van der Waals surface area contributed by atoms with Gasteiger partial charge in [-0.1, -0.05) is 70.0 Å². The third-order valence-corrected chi connectivity index (χ3v) is 7.85. The van der Waals surface area contributed by atoms with Crippen LogP contribution in [0.5, 0.6) is 5.75 Å². The molecule has 1 aliphatic carbocycles. The zero-order valence-electron chi connectivity index (χ0n) is 22.1. The van der Waals surface area contributed by atoms with E-state index in [9.17, 15) is 9.59 Å². The highest BCUT2D eigenvalue weighted by Crippen LogP contribution is 2.48. The lowest BCUT2D eigenvalue weighted by molar-refractivity contribution is -0.146. The van der Waals surface area contributed by atoms with Crippen molar-refractivity contribution in [2.45, 2.75) is 72.8 Å². The molecule has 1 heterocycles. The summed E-state index contributed by atoms with van der Waals surface area (Å²) in [6.07, 6.45) is 4.77. The third-order valence-electron chi connectivity index (χ3n) is 7.85. The fourth-order valence-corrected chi connectivity index (χ4v) is 6.06. The van der Waals surface area contributed by atoms with Crippen LogP contribution in [0.1, 0.15) is 72.3 Å². The van der Waals surface area contributed by atoms with Crippen molar-refractivity contribution in [3.05, 3.63) is 64.8 Å². The highest BCUT2D eigenvalue weighted by Gasteiger charge is 2.48. The molecule has 0 aromatic heterocycles.